The Balaban J connectivity index is 1.66. The normalized spacial score (nSPS) is 36.8. The molecule has 2 saturated carbocycles. The summed E-state index contributed by atoms with van der Waals surface area (Å²) in [6, 6.07) is 1.61. The van der Waals surface area contributed by atoms with Crippen molar-refractivity contribution in [2.75, 3.05) is 6.61 Å². The molecule has 2 N–H and O–H groups in total. The zero-order valence-electron chi connectivity index (χ0n) is 7.63. The molecule has 0 radical (unpaired) electrons. The van der Waals surface area contributed by atoms with Crippen molar-refractivity contribution in [2.24, 2.45) is 5.92 Å². The van der Waals surface area contributed by atoms with Crippen LogP contribution >= 0.6 is 0 Å². The molecule has 0 atom stereocenters. The van der Waals surface area contributed by atoms with Crippen LogP contribution in [0.4, 0.5) is 0 Å². The van der Waals surface area contributed by atoms with Crippen molar-refractivity contribution in [2.45, 2.75) is 50.6 Å². The Labute approximate surface area is 74.4 Å². The number of aliphatic hydroxyl groups is 1. The maximum Gasteiger partial charge on any atom is 0.0459 e. The van der Waals surface area contributed by atoms with E-state index in [0.29, 0.717) is 12.5 Å². The quantitative estimate of drug-likeness (QED) is 0.667. The second-order valence-corrected chi connectivity index (χ2v) is 4.34. The third kappa shape index (κ3) is 2.20. The predicted octanol–water partition coefficient (Wildman–Crippen LogP) is 1.29. The topological polar surface area (TPSA) is 32.3 Å². The summed E-state index contributed by atoms with van der Waals surface area (Å²) in [4.78, 5) is 0. The van der Waals surface area contributed by atoms with Gasteiger partial charge in [0, 0.05) is 18.7 Å². The molecule has 0 saturated heterocycles. The summed E-state index contributed by atoms with van der Waals surface area (Å²) in [6.45, 7) is 0.399. The van der Waals surface area contributed by atoms with Crippen LogP contribution in [0.5, 0.6) is 0 Å². The lowest BCUT2D eigenvalue weighted by molar-refractivity contribution is 0.175. The molecular formula is C10H19NO. The standard InChI is InChI=1S/C10H19NO/c12-7-8-1-3-9(4-2-8)11-10-5-6-10/h8-12H,1-7H2. The zero-order chi connectivity index (χ0) is 8.39. The Morgan fingerprint density at radius 3 is 1.83 bits per heavy atom. The molecule has 2 aliphatic carbocycles. The predicted molar refractivity (Wildman–Crippen MR) is 49.0 cm³/mol. The number of aliphatic hydroxyl groups excluding tert-OH is 1. The van der Waals surface area contributed by atoms with Crippen molar-refractivity contribution in [3.8, 4) is 0 Å². The lowest BCUT2D eigenvalue weighted by atomic mass is 9.86. The molecular weight excluding hydrogens is 150 g/mol. The summed E-state index contributed by atoms with van der Waals surface area (Å²) in [5.74, 6) is 0.599. The Morgan fingerprint density at radius 2 is 1.42 bits per heavy atom. The highest BCUT2D eigenvalue weighted by molar-refractivity contribution is 4.87. The van der Waals surface area contributed by atoms with Gasteiger partial charge in [-0.15, -0.1) is 0 Å². The smallest absolute Gasteiger partial charge is 0.0459 e. The van der Waals surface area contributed by atoms with Gasteiger partial charge in [0.25, 0.3) is 0 Å². The molecule has 0 spiro atoms. The molecule has 70 valence electrons. The third-order valence-electron chi connectivity index (χ3n) is 3.15. The van der Waals surface area contributed by atoms with Gasteiger partial charge in [-0.2, -0.15) is 0 Å². The van der Waals surface area contributed by atoms with Crippen LogP contribution in [-0.4, -0.2) is 23.8 Å². The van der Waals surface area contributed by atoms with Crippen molar-refractivity contribution < 1.29 is 5.11 Å². The minimum atomic E-state index is 0.399. The Morgan fingerprint density at radius 1 is 0.917 bits per heavy atom. The third-order valence-corrected chi connectivity index (χ3v) is 3.15. The van der Waals surface area contributed by atoms with Crippen molar-refractivity contribution in [3.63, 3.8) is 0 Å². The molecule has 2 nitrogen and oxygen atoms in total. The summed E-state index contributed by atoms with van der Waals surface area (Å²) in [5.41, 5.74) is 0. The second kappa shape index (κ2) is 3.75. The van der Waals surface area contributed by atoms with Gasteiger partial charge in [-0.3, -0.25) is 0 Å². The Hall–Kier alpha value is -0.0800. The van der Waals surface area contributed by atoms with Gasteiger partial charge in [0.05, 0.1) is 0 Å². The number of hydrogen-bond acceptors (Lipinski definition) is 2. The summed E-state index contributed by atoms with van der Waals surface area (Å²) < 4.78 is 0. The van der Waals surface area contributed by atoms with Crippen LogP contribution in [0.1, 0.15) is 38.5 Å². The van der Waals surface area contributed by atoms with E-state index in [1.807, 2.05) is 0 Å². The first-order valence-electron chi connectivity index (χ1n) is 5.25. The van der Waals surface area contributed by atoms with Gasteiger partial charge in [-0.25, -0.2) is 0 Å². The van der Waals surface area contributed by atoms with E-state index >= 15 is 0 Å². The molecule has 12 heavy (non-hydrogen) atoms. The molecule has 0 aromatic rings. The minimum absolute atomic E-state index is 0.399. The van der Waals surface area contributed by atoms with Crippen molar-refractivity contribution in [3.05, 3.63) is 0 Å². The van der Waals surface area contributed by atoms with E-state index < -0.39 is 0 Å². The van der Waals surface area contributed by atoms with Gasteiger partial charge in [0.1, 0.15) is 0 Å². The molecule has 0 heterocycles. The Bertz CT molecular complexity index is 137. The first-order chi connectivity index (χ1) is 5.88. The zero-order valence-corrected chi connectivity index (χ0v) is 7.63. The van der Waals surface area contributed by atoms with Crippen molar-refractivity contribution in [1.29, 1.82) is 0 Å². The summed E-state index contributed by atoms with van der Waals surface area (Å²) in [5, 5.41) is 12.6. The fourth-order valence-electron chi connectivity index (χ4n) is 2.10. The van der Waals surface area contributed by atoms with Gasteiger partial charge in [0.15, 0.2) is 0 Å². The van der Waals surface area contributed by atoms with E-state index in [1.54, 1.807) is 0 Å². The average molecular weight is 169 g/mol. The number of hydrogen-bond donors (Lipinski definition) is 2. The van der Waals surface area contributed by atoms with Crippen LogP contribution in [-0.2, 0) is 0 Å². The van der Waals surface area contributed by atoms with Crippen LogP contribution in [0.3, 0.4) is 0 Å². The number of rotatable bonds is 3. The molecule has 0 amide bonds. The summed E-state index contributed by atoms with van der Waals surface area (Å²) in [7, 11) is 0. The highest BCUT2D eigenvalue weighted by atomic mass is 16.3. The molecule has 2 aliphatic rings. The maximum atomic E-state index is 8.95. The monoisotopic (exact) mass is 169 g/mol. The lowest BCUT2D eigenvalue weighted by Gasteiger charge is -2.28. The van der Waals surface area contributed by atoms with Crippen LogP contribution in [0.2, 0.25) is 0 Å². The van der Waals surface area contributed by atoms with E-state index in [2.05, 4.69) is 5.32 Å². The largest absolute Gasteiger partial charge is 0.396 e. The lowest BCUT2D eigenvalue weighted by Crippen LogP contribution is -2.35. The van der Waals surface area contributed by atoms with E-state index in [4.69, 9.17) is 5.11 Å². The van der Waals surface area contributed by atoms with Gasteiger partial charge in [-0.05, 0) is 44.4 Å². The van der Waals surface area contributed by atoms with Gasteiger partial charge >= 0.3 is 0 Å². The first kappa shape index (κ1) is 8.52. The van der Waals surface area contributed by atoms with Crippen LogP contribution in [0, 0.1) is 5.92 Å². The molecule has 0 aromatic heterocycles. The highest BCUT2D eigenvalue weighted by Gasteiger charge is 2.27. The molecule has 0 bridgehead atoms. The number of nitrogens with one attached hydrogen (secondary N) is 1. The van der Waals surface area contributed by atoms with E-state index in [1.165, 1.54) is 38.5 Å². The molecule has 2 heteroatoms. The Kier molecular flexibility index (Phi) is 2.66. The van der Waals surface area contributed by atoms with E-state index in [-0.39, 0.29) is 0 Å². The van der Waals surface area contributed by atoms with Gasteiger partial charge in [-0.1, -0.05) is 0 Å². The average Bonchev–Trinajstić information content (AvgIpc) is 2.90. The SMILES string of the molecule is OCC1CCC(NC2CC2)CC1. The molecule has 0 aliphatic heterocycles. The van der Waals surface area contributed by atoms with Gasteiger partial charge in [0.2, 0.25) is 0 Å². The summed E-state index contributed by atoms with van der Waals surface area (Å²) >= 11 is 0. The van der Waals surface area contributed by atoms with Gasteiger partial charge < -0.3 is 10.4 Å². The molecule has 0 aromatic carbocycles. The molecule has 2 rings (SSSR count). The molecule has 2 fully saturated rings. The van der Waals surface area contributed by atoms with Crippen molar-refractivity contribution >= 4 is 0 Å². The highest BCUT2D eigenvalue weighted by Crippen LogP contribution is 2.27. The fraction of sp³-hybridized carbons (Fsp3) is 1.00. The van der Waals surface area contributed by atoms with E-state index in [9.17, 15) is 0 Å². The van der Waals surface area contributed by atoms with Crippen LogP contribution in [0.15, 0.2) is 0 Å². The summed E-state index contributed by atoms with van der Waals surface area (Å²) in [6.07, 6.45) is 7.78. The second-order valence-electron chi connectivity index (χ2n) is 4.34. The minimum Gasteiger partial charge on any atom is -0.396 e. The van der Waals surface area contributed by atoms with Crippen LogP contribution < -0.4 is 5.32 Å². The van der Waals surface area contributed by atoms with Crippen molar-refractivity contribution in [1.82, 2.24) is 5.32 Å². The van der Waals surface area contributed by atoms with Crippen LogP contribution in [0.25, 0.3) is 0 Å². The fourth-order valence-corrected chi connectivity index (χ4v) is 2.10. The maximum absolute atomic E-state index is 8.95. The molecule has 0 unspecified atom stereocenters. The van der Waals surface area contributed by atoms with E-state index in [0.717, 1.165) is 12.1 Å². The first-order valence-corrected chi connectivity index (χ1v) is 5.25.